The normalized spacial score (nSPS) is 16.6. The van der Waals surface area contributed by atoms with Crippen LogP contribution >= 0.6 is 11.3 Å². The fourth-order valence-corrected chi connectivity index (χ4v) is 4.29. The van der Waals surface area contributed by atoms with E-state index in [1.165, 1.54) is 28.8 Å². The predicted molar refractivity (Wildman–Crippen MR) is 95.3 cm³/mol. The third kappa shape index (κ3) is 3.89. The maximum absolute atomic E-state index is 11.4. The van der Waals surface area contributed by atoms with Crippen LogP contribution in [0.15, 0.2) is 35.7 Å². The minimum Gasteiger partial charge on any atom is -0.395 e. The molecule has 1 aliphatic heterocycles. The molecule has 122 valence electrons. The summed E-state index contributed by atoms with van der Waals surface area (Å²) in [7, 11) is 0. The first kappa shape index (κ1) is 16.4. The number of hydrogen-bond acceptors (Lipinski definition) is 4. The van der Waals surface area contributed by atoms with Crippen molar-refractivity contribution in [3.05, 3.63) is 46.2 Å². The van der Waals surface area contributed by atoms with Gasteiger partial charge < -0.3 is 10.0 Å². The Bertz CT molecular complexity index is 654. The molecule has 1 saturated heterocycles. The maximum Gasteiger partial charge on any atom is 0.159 e. The minimum absolute atomic E-state index is 0.109. The number of carbonyl (C=O) groups is 1. The molecule has 0 radical (unpaired) electrons. The lowest BCUT2D eigenvalue weighted by Crippen LogP contribution is -2.34. The highest BCUT2D eigenvalue weighted by Crippen LogP contribution is 2.35. The van der Waals surface area contributed by atoms with Gasteiger partial charge in [-0.3, -0.25) is 4.79 Å². The molecular weight excluding hydrogens is 306 g/mol. The lowest BCUT2D eigenvalue weighted by molar-refractivity contribution is 0.101. The minimum atomic E-state index is 0.109. The molecular formula is C19H23NO2S. The fourth-order valence-electron chi connectivity index (χ4n) is 3.20. The molecule has 2 aromatic rings. The number of β-amino-alcohol motifs (C(OH)–C–C–N with tert-alkyl or cyclic N) is 1. The molecule has 0 spiro atoms. The van der Waals surface area contributed by atoms with E-state index in [9.17, 15) is 4.79 Å². The van der Waals surface area contributed by atoms with Gasteiger partial charge in [-0.05, 0) is 61.3 Å². The first-order valence-corrected chi connectivity index (χ1v) is 9.08. The van der Waals surface area contributed by atoms with Crippen LogP contribution in [0.2, 0.25) is 0 Å². The number of aliphatic hydroxyl groups is 1. The van der Waals surface area contributed by atoms with Crippen LogP contribution in [-0.4, -0.2) is 42.0 Å². The van der Waals surface area contributed by atoms with Gasteiger partial charge in [0.2, 0.25) is 0 Å². The molecule has 0 atom stereocenters. The summed E-state index contributed by atoms with van der Waals surface area (Å²) in [5, 5.41) is 11.2. The van der Waals surface area contributed by atoms with Gasteiger partial charge in [-0.1, -0.05) is 24.3 Å². The van der Waals surface area contributed by atoms with Gasteiger partial charge in [0.05, 0.1) is 6.61 Å². The third-order valence-corrected chi connectivity index (χ3v) is 5.75. The van der Waals surface area contributed by atoms with E-state index >= 15 is 0 Å². The first-order chi connectivity index (χ1) is 11.2. The molecule has 1 N–H and O–H groups in total. The van der Waals surface area contributed by atoms with E-state index in [1.807, 2.05) is 35.6 Å². The summed E-state index contributed by atoms with van der Waals surface area (Å²) in [5.41, 5.74) is 3.19. The van der Waals surface area contributed by atoms with E-state index in [2.05, 4.69) is 16.3 Å². The summed E-state index contributed by atoms with van der Waals surface area (Å²) in [6, 6.07) is 10.2. The molecule has 0 unspecified atom stereocenters. The van der Waals surface area contributed by atoms with E-state index in [4.69, 9.17) is 5.11 Å². The van der Waals surface area contributed by atoms with Crippen molar-refractivity contribution in [2.45, 2.75) is 25.7 Å². The van der Waals surface area contributed by atoms with Gasteiger partial charge in [0.1, 0.15) is 0 Å². The summed E-state index contributed by atoms with van der Waals surface area (Å²) in [5.74, 6) is 0.748. The Morgan fingerprint density at radius 3 is 2.52 bits per heavy atom. The molecule has 0 bridgehead atoms. The Morgan fingerprint density at radius 2 is 1.91 bits per heavy atom. The van der Waals surface area contributed by atoms with E-state index in [-0.39, 0.29) is 12.4 Å². The summed E-state index contributed by atoms with van der Waals surface area (Å²) in [6.45, 7) is 4.80. The van der Waals surface area contributed by atoms with Crippen LogP contribution in [0.4, 0.5) is 0 Å². The molecule has 4 heteroatoms. The first-order valence-electron chi connectivity index (χ1n) is 8.20. The number of ketones is 1. The van der Waals surface area contributed by atoms with Gasteiger partial charge in [-0.2, -0.15) is 0 Å². The van der Waals surface area contributed by atoms with Crippen molar-refractivity contribution in [1.29, 1.82) is 0 Å². The number of piperidine rings is 1. The number of carbonyl (C=O) groups excluding carboxylic acids is 1. The molecule has 3 nitrogen and oxygen atoms in total. The van der Waals surface area contributed by atoms with Gasteiger partial charge in [-0.15, -0.1) is 11.3 Å². The van der Waals surface area contributed by atoms with E-state index in [0.29, 0.717) is 5.92 Å². The second-order valence-electron chi connectivity index (χ2n) is 6.21. The van der Waals surface area contributed by atoms with Crippen molar-refractivity contribution < 1.29 is 9.90 Å². The topological polar surface area (TPSA) is 40.5 Å². The fraction of sp³-hybridized carbons (Fsp3) is 0.421. The van der Waals surface area contributed by atoms with Crippen molar-refractivity contribution in [1.82, 2.24) is 4.90 Å². The molecule has 1 fully saturated rings. The monoisotopic (exact) mass is 329 g/mol. The molecule has 1 aromatic carbocycles. The second kappa shape index (κ2) is 7.39. The zero-order valence-corrected chi connectivity index (χ0v) is 14.3. The standard InChI is InChI=1S/C19H23NO2S/c1-14(22)15-2-4-16(5-3-15)18-12-19(23-13-18)17-6-8-20(9-7-17)10-11-21/h2-5,12-13,17,21H,6-11H2,1H3. The highest BCUT2D eigenvalue weighted by Gasteiger charge is 2.21. The van der Waals surface area contributed by atoms with Gasteiger partial charge in [-0.25, -0.2) is 0 Å². The smallest absolute Gasteiger partial charge is 0.159 e. The summed E-state index contributed by atoms with van der Waals surface area (Å²) < 4.78 is 0. The lowest BCUT2D eigenvalue weighted by Gasteiger charge is -2.30. The zero-order chi connectivity index (χ0) is 16.2. The van der Waals surface area contributed by atoms with E-state index in [0.717, 1.165) is 25.2 Å². The highest BCUT2D eigenvalue weighted by molar-refractivity contribution is 7.10. The molecule has 2 heterocycles. The lowest BCUT2D eigenvalue weighted by atomic mass is 9.94. The third-order valence-electron chi connectivity index (χ3n) is 4.65. The zero-order valence-electron chi connectivity index (χ0n) is 13.5. The van der Waals surface area contributed by atoms with E-state index in [1.54, 1.807) is 6.92 Å². The average Bonchev–Trinajstić information content (AvgIpc) is 3.06. The predicted octanol–water partition coefficient (Wildman–Crippen LogP) is 3.79. The Balaban J connectivity index is 1.67. The summed E-state index contributed by atoms with van der Waals surface area (Å²) >= 11 is 1.84. The number of rotatable bonds is 5. The number of aliphatic hydroxyl groups excluding tert-OH is 1. The van der Waals surface area contributed by atoms with Crippen molar-refractivity contribution in [3.8, 4) is 11.1 Å². The number of Topliss-reactive ketones (excluding diaryl/α,β-unsaturated/α-hetero) is 1. The quantitative estimate of drug-likeness (QED) is 0.849. The van der Waals surface area contributed by atoms with Crippen LogP contribution < -0.4 is 0 Å². The van der Waals surface area contributed by atoms with E-state index < -0.39 is 0 Å². The van der Waals surface area contributed by atoms with Gasteiger partial charge in [0.25, 0.3) is 0 Å². The molecule has 0 amide bonds. The average molecular weight is 329 g/mol. The Labute approximate surface area is 141 Å². The number of thiophene rings is 1. The molecule has 0 aliphatic carbocycles. The number of hydrogen-bond donors (Lipinski definition) is 1. The maximum atomic E-state index is 11.4. The molecule has 1 aromatic heterocycles. The molecule has 23 heavy (non-hydrogen) atoms. The van der Waals surface area contributed by atoms with Crippen molar-refractivity contribution in [2.75, 3.05) is 26.2 Å². The number of nitrogens with zero attached hydrogens (tertiary/aromatic N) is 1. The van der Waals surface area contributed by atoms with Crippen molar-refractivity contribution in [3.63, 3.8) is 0 Å². The van der Waals surface area contributed by atoms with Crippen molar-refractivity contribution in [2.24, 2.45) is 0 Å². The van der Waals surface area contributed by atoms with Gasteiger partial charge in [0, 0.05) is 17.0 Å². The van der Waals surface area contributed by atoms with Gasteiger partial charge >= 0.3 is 0 Å². The van der Waals surface area contributed by atoms with Gasteiger partial charge in [0.15, 0.2) is 5.78 Å². The van der Waals surface area contributed by atoms with Crippen molar-refractivity contribution >= 4 is 17.1 Å². The van der Waals surface area contributed by atoms with Crippen LogP contribution in [0.5, 0.6) is 0 Å². The highest BCUT2D eigenvalue weighted by atomic mass is 32.1. The number of benzene rings is 1. The largest absolute Gasteiger partial charge is 0.395 e. The molecule has 3 rings (SSSR count). The van der Waals surface area contributed by atoms with Crippen LogP contribution in [-0.2, 0) is 0 Å². The van der Waals surface area contributed by atoms with Crippen LogP contribution in [0.25, 0.3) is 11.1 Å². The molecule has 1 aliphatic rings. The van der Waals surface area contributed by atoms with Crippen LogP contribution in [0, 0.1) is 0 Å². The second-order valence-corrected chi connectivity index (χ2v) is 7.15. The SMILES string of the molecule is CC(=O)c1ccc(-c2csc(C3CCN(CCO)CC3)c2)cc1. The van der Waals surface area contributed by atoms with Crippen LogP contribution in [0.1, 0.15) is 40.9 Å². The summed E-state index contributed by atoms with van der Waals surface area (Å²) in [4.78, 5) is 15.2. The summed E-state index contributed by atoms with van der Waals surface area (Å²) in [6.07, 6.45) is 2.34. The Kier molecular flexibility index (Phi) is 5.26. The molecule has 0 saturated carbocycles. The number of likely N-dealkylation sites (tertiary alicyclic amines) is 1. The Morgan fingerprint density at radius 1 is 1.22 bits per heavy atom. The Hall–Kier alpha value is -1.49. The van der Waals surface area contributed by atoms with Crippen LogP contribution in [0.3, 0.4) is 0 Å².